The number of nitrogens with one attached hydrogen (secondary N) is 1. The topological polar surface area (TPSA) is 24.4 Å². The molecule has 0 aromatic heterocycles. The Hall–Kier alpha value is -1.33. The highest BCUT2D eigenvalue weighted by Crippen LogP contribution is 2.44. The van der Waals surface area contributed by atoms with Gasteiger partial charge in [0.25, 0.3) is 0 Å². The molecule has 1 fully saturated rings. The number of anilines is 1. The third-order valence-corrected chi connectivity index (χ3v) is 6.75. The van der Waals surface area contributed by atoms with Crippen LogP contribution < -0.4 is 5.32 Å². The monoisotopic (exact) mass is 418 g/mol. The van der Waals surface area contributed by atoms with Crippen molar-refractivity contribution in [3.63, 3.8) is 0 Å². The first-order valence-corrected chi connectivity index (χ1v) is 10.5. The van der Waals surface area contributed by atoms with Crippen molar-refractivity contribution in [3.8, 4) is 0 Å². The Balaban J connectivity index is 1.66. The van der Waals surface area contributed by atoms with Crippen molar-refractivity contribution in [1.82, 2.24) is 0 Å². The van der Waals surface area contributed by atoms with E-state index < -0.39 is 0 Å². The van der Waals surface area contributed by atoms with Crippen molar-refractivity contribution >= 4 is 39.2 Å². The molecular weight excluding hydrogens is 399 g/mol. The van der Waals surface area contributed by atoms with Crippen LogP contribution in [0.15, 0.2) is 51.9 Å². The highest BCUT2D eigenvalue weighted by atomic mass is 79.9. The molecule has 2 heterocycles. The Bertz CT molecular complexity index is 815. The molecule has 130 valence electrons. The summed E-state index contributed by atoms with van der Waals surface area (Å²) in [6.07, 6.45) is 3.37. The number of aliphatic imine (C=N–C) groups is 1. The molecule has 2 aromatic rings. The van der Waals surface area contributed by atoms with E-state index in [1.54, 1.807) is 0 Å². The predicted molar refractivity (Wildman–Crippen MR) is 108 cm³/mol. The van der Waals surface area contributed by atoms with Crippen LogP contribution in [0.25, 0.3) is 0 Å². The fraction of sp³-hybridized carbons (Fsp3) is 0.350. The van der Waals surface area contributed by atoms with Crippen molar-refractivity contribution in [2.45, 2.75) is 25.8 Å². The van der Waals surface area contributed by atoms with E-state index in [0.29, 0.717) is 11.0 Å². The van der Waals surface area contributed by atoms with E-state index in [-0.39, 0.29) is 11.2 Å². The first-order valence-electron chi connectivity index (χ1n) is 8.58. The summed E-state index contributed by atoms with van der Waals surface area (Å²) in [6.45, 7) is 0.568. The van der Waals surface area contributed by atoms with Crippen molar-refractivity contribution in [2.75, 3.05) is 16.8 Å². The van der Waals surface area contributed by atoms with Gasteiger partial charge in [-0.05, 0) is 76.0 Å². The van der Waals surface area contributed by atoms with Crippen LogP contribution in [0.4, 0.5) is 10.1 Å². The maximum Gasteiger partial charge on any atom is 0.137 e. The molecule has 1 N–H and O–H groups in total. The number of hydrogen-bond acceptors (Lipinski definition) is 2. The molecule has 0 radical (unpaired) electrons. The molecule has 0 aliphatic carbocycles. The van der Waals surface area contributed by atoms with Crippen LogP contribution in [0, 0.1) is 11.2 Å². The van der Waals surface area contributed by atoms with E-state index in [4.69, 9.17) is 4.99 Å². The van der Waals surface area contributed by atoms with Gasteiger partial charge in [-0.3, -0.25) is 4.99 Å². The molecule has 4 rings (SSSR count). The van der Waals surface area contributed by atoms with Crippen LogP contribution >= 0.6 is 27.7 Å². The molecule has 0 atom stereocenters. The standard InChI is InChI=1S/C20H20BrFN2S/c21-16-11-14(5-6-17(16)22)13-23-19-20(7-9-25-10-8-20)12-15-3-1-2-4-18(15)24-19/h1-6,11H,7-10,12-13H2,(H,23,24). The molecule has 2 nitrogen and oxygen atoms in total. The molecule has 2 aromatic carbocycles. The van der Waals surface area contributed by atoms with Crippen LogP contribution in [0.1, 0.15) is 24.0 Å². The molecule has 0 amide bonds. The zero-order chi connectivity index (χ0) is 17.3. The summed E-state index contributed by atoms with van der Waals surface area (Å²) in [5.41, 5.74) is 3.70. The zero-order valence-electron chi connectivity index (χ0n) is 13.9. The van der Waals surface area contributed by atoms with Gasteiger partial charge in [-0.2, -0.15) is 11.8 Å². The van der Waals surface area contributed by atoms with Crippen LogP contribution in [-0.4, -0.2) is 17.3 Å². The van der Waals surface area contributed by atoms with Gasteiger partial charge in [-0.15, -0.1) is 0 Å². The van der Waals surface area contributed by atoms with E-state index in [1.165, 1.54) is 28.8 Å². The minimum Gasteiger partial charge on any atom is -0.343 e. The van der Waals surface area contributed by atoms with E-state index >= 15 is 0 Å². The smallest absolute Gasteiger partial charge is 0.137 e. The van der Waals surface area contributed by atoms with Crippen molar-refractivity contribution < 1.29 is 4.39 Å². The average molecular weight is 419 g/mol. The van der Waals surface area contributed by atoms with Crippen molar-refractivity contribution in [2.24, 2.45) is 10.4 Å². The lowest BCUT2D eigenvalue weighted by Gasteiger charge is -2.42. The Morgan fingerprint density at radius 2 is 1.96 bits per heavy atom. The van der Waals surface area contributed by atoms with Crippen LogP contribution in [0.5, 0.6) is 0 Å². The van der Waals surface area contributed by atoms with E-state index in [1.807, 2.05) is 23.9 Å². The summed E-state index contributed by atoms with van der Waals surface area (Å²) in [4.78, 5) is 4.95. The van der Waals surface area contributed by atoms with Crippen LogP contribution in [-0.2, 0) is 13.0 Å². The second-order valence-electron chi connectivity index (χ2n) is 6.76. The minimum atomic E-state index is -0.234. The van der Waals surface area contributed by atoms with Gasteiger partial charge in [0.15, 0.2) is 0 Å². The summed E-state index contributed by atoms with van der Waals surface area (Å²) < 4.78 is 13.9. The summed E-state index contributed by atoms with van der Waals surface area (Å²) in [5.74, 6) is 3.24. The molecule has 2 aliphatic heterocycles. The lowest BCUT2D eigenvalue weighted by Crippen LogP contribution is -2.44. The summed E-state index contributed by atoms with van der Waals surface area (Å²) in [6, 6.07) is 13.7. The van der Waals surface area contributed by atoms with Crippen LogP contribution in [0.3, 0.4) is 0 Å². The van der Waals surface area contributed by atoms with Gasteiger partial charge in [0.2, 0.25) is 0 Å². The van der Waals surface area contributed by atoms with E-state index in [2.05, 4.69) is 45.5 Å². The molecule has 2 aliphatic rings. The number of benzene rings is 2. The van der Waals surface area contributed by atoms with Gasteiger partial charge < -0.3 is 5.32 Å². The largest absolute Gasteiger partial charge is 0.343 e. The Kier molecular flexibility index (Phi) is 4.87. The normalized spacial score (nSPS) is 20.3. The Morgan fingerprint density at radius 3 is 2.76 bits per heavy atom. The summed E-state index contributed by atoms with van der Waals surface area (Å²) >= 11 is 5.29. The Morgan fingerprint density at radius 1 is 1.16 bits per heavy atom. The van der Waals surface area contributed by atoms with Gasteiger partial charge >= 0.3 is 0 Å². The van der Waals surface area contributed by atoms with Gasteiger partial charge in [-0.1, -0.05) is 24.3 Å². The number of para-hydroxylation sites is 1. The molecule has 0 saturated carbocycles. The number of fused-ring (bicyclic) bond motifs is 1. The first-order chi connectivity index (χ1) is 12.2. The fourth-order valence-electron chi connectivity index (χ4n) is 3.70. The summed E-state index contributed by atoms with van der Waals surface area (Å²) in [7, 11) is 0. The number of halogens is 2. The maximum atomic E-state index is 13.4. The minimum absolute atomic E-state index is 0.122. The first kappa shape index (κ1) is 17.1. The number of rotatable bonds is 2. The number of nitrogens with zero attached hydrogens (tertiary/aromatic N) is 1. The van der Waals surface area contributed by atoms with Gasteiger partial charge in [0.1, 0.15) is 11.7 Å². The van der Waals surface area contributed by atoms with Gasteiger partial charge in [0.05, 0.1) is 11.0 Å². The predicted octanol–water partition coefficient (Wildman–Crippen LogP) is 5.67. The molecule has 25 heavy (non-hydrogen) atoms. The van der Waals surface area contributed by atoms with Crippen molar-refractivity contribution in [1.29, 1.82) is 0 Å². The quantitative estimate of drug-likeness (QED) is 0.679. The number of amidine groups is 1. The number of thioether (sulfide) groups is 1. The fourth-order valence-corrected chi connectivity index (χ4v) is 5.40. The van der Waals surface area contributed by atoms with E-state index in [0.717, 1.165) is 30.7 Å². The highest BCUT2D eigenvalue weighted by Gasteiger charge is 2.41. The second-order valence-corrected chi connectivity index (χ2v) is 8.84. The van der Waals surface area contributed by atoms with Gasteiger partial charge in [-0.25, -0.2) is 4.39 Å². The lowest BCUT2D eigenvalue weighted by atomic mass is 9.73. The summed E-state index contributed by atoms with van der Waals surface area (Å²) in [5, 5.41) is 3.61. The lowest BCUT2D eigenvalue weighted by molar-refractivity contribution is 0.377. The second kappa shape index (κ2) is 7.12. The Labute approximate surface area is 160 Å². The van der Waals surface area contributed by atoms with E-state index in [9.17, 15) is 4.39 Å². The molecule has 0 unspecified atom stereocenters. The number of hydrogen-bond donors (Lipinski definition) is 1. The molecule has 0 bridgehead atoms. The average Bonchev–Trinajstić information content (AvgIpc) is 2.63. The zero-order valence-corrected chi connectivity index (χ0v) is 16.3. The molecular formula is C20H20BrFN2S. The molecule has 1 spiro atoms. The van der Waals surface area contributed by atoms with Crippen molar-refractivity contribution in [3.05, 3.63) is 63.9 Å². The highest BCUT2D eigenvalue weighted by molar-refractivity contribution is 9.10. The maximum absolute atomic E-state index is 13.4. The third-order valence-electron chi connectivity index (χ3n) is 5.16. The molecule has 1 saturated heterocycles. The van der Waals surface area contributed by atoms with Gasteiger partial charge in [0, 0.05) is 11.1 Å². The SMILES string of the molecule is Fc1ccc(CN=C2Nc3ccccc3CC23CCSCC3)cc1Br. The third kappa shape index (κ3) is 3.49. The van der Waals surface area contributed by atoms with Crippen LogP contribution in [0.2, 0.25) is 0 Å². The molecule has 5 heteroatoms.